The molecule has 7 heteroatoms. The molecule has 0 bridgehead atoms. The van der Waals surface area contributed by atoms with Gasteiger partial charge < -0.3 is 19.4 Å². The van der Waals surface area contributed by atoms with E-state index < -0.39 is 11.4 Å². The van der Waals surface area contributed by atoms with Crippen LogP contribution in [0.4, 0.5) is 0 Å². The number of nitrogens with zero attached hydrogens (tertiary/aromatic N) is 1. The van der Waals surface area contributed by atoms with Crippen LogP contribution in [0.25, 0.3) is 0 Å². The molecule has 2 N–H and O–H groups in total. The van der Waals surface area contributed by atoms with Gasteiger partial charge >= 0.3 is 5.97 Å². The van der Waals surface area contributed by atoms with Gasteiger partial charge in [0.25, 0.3) is 0 Å². The number of carbonyl (C=O) groups is 1. The maximum atomic E-state index is 13.2. The first-order chi connectivity index (χ1) is 16.0. The van der Waals surface area contributed by atoms with Crippen molar-refractivity contribution in [1.82, 2.24) is 0 Å². The summed E-state index contributed by atoms with van der Waals surface area (Å²) in [4.78, 5) is 17.8. The number of likely N-dealkylation sites (tertiary alicyclic amines) is 1. The number of hydrogen-bond donors (Lipinski definition) is 1. The van der Waals surface area contributed by atoms with Gasteiger partial charge in [0.05, 0.1) is 13.1 Å². The Kier molecular flexibility index (Phi) is 7.92. The van der Waals surface area contributed by atoms with Crippen LogP contribution in [0.1, 0.15) is 73.1 Å². The van der Waals surface area contributed by atoms with Crippen molar-refractivity contribution in [3.05, 3.63) is 69.1 Å². The van der Waals surface area contributed by atoms with Gasteiger partial charge in [0.15, 0.2) is 0 Å². The van der Waals surface area contributed by atoms with Gasteiger partial charge in [-0.2, -0.15) is 5.90 Å². The Labute approximate surface area is 207 Å². The van der Waals surface area contributed by atoms with Crippen LogP contribution in [-0.2, 0) is 16.7 Å². The van der Waals surface area contributed by atoms with Gasteiger partial charge in [0.2, 0.25) is 0 Å². The largest absolute Gasteiger partial charge is 0.632 e. The molecule has 1 aromatic carbocycles. The lowest BCUT2D eigenvalue weighted by atomic mass is 9.76. The molecule has 1 fully saturated rings. The summed E-state index contributed by atoms with van der Waals surface area (Å²) >= 11 is 1.37. The third-order valence-corrected chi connectivity index (χ3v) is 8.50. The molecule has 0 saturated carbocycles. The van der Waals surface area contributed by atoms with Crippen LogP contribution in [0.5, 0.6) is 5.75 Å². The van der Waals surface area contributed by atoms with E-state index in [9.17, 15) is 10.0 Å². The summed E-state index contributed by atoms with van der Waals surface area (Å²) in [5.41, 5.74) is 1.59. The number of nitrogens with two attached hydrogens (primary N) is 1. The smallest absolute Gasteiger partial charge is 0.366 e. The standard InChI is InChI=1S/C27H38N2O4S/c1-7-19-17-20(27(8-2,9-3)24-14-13-22(34-24)25(30)33-28)11-12-21(19)32-18-23(26(4,5)6)29(31)15-10-16-29/h8,11-14,17,23H,2,7,9-10,15-16,18,28H2,1,3-6H3. The molecule has 1 aromatic heterocycles. The third kappa shape index (κ3) is 4.93. The van der Waals surface area contributed by atoms with E-state index in [1.807, 2.05) is 18.2 Å². The second-order valence-electron chi connectivity index (χ2n) is 10.2. The van der Waals surface area contributed by atoms with E-state index in [2.05, 4.69) is 58.2 Å². The number of allylic oxidation sites excluding steroid dienone is 1. The predicted octanol–water partition coefficient (Wildman–Crippen LogP) is 5.73. The number of ether oxygens (including phenoxy) is 1. The van der Waals surface area contributed by atoms with Crippen LogP contribution in [0.15, 0.2) is 43.0 Å². The number of thiophene rings is 1. The number of hydroxylamine groups is 3. The van der Waals surface area contributed by atoms with E-state index in [-0.39, 0.29) is 16.1 Å². The molecule has 2 unspecified atom stereocenters. The summed E-state index contributed by atoms with van der Waals surface area (Å²) < 4.78 is 6.15. The molecule has 34 heavy (non-hydrogen) atoms. The topological polar surface area (TPSA) is 84.6 Å². The molecule has 186 valence electrons. The molecule has 3 rings (SSSR count). The molecule has 2 atom stereocenters. The highest BCUT2D eigenvalue weighted by Crippen LogP contribution is 2.42. The highest BCUT2D eigenvalue weighted by atomic mass is 32.1. The van der Waals surface area contributed by atoms with Gasteiger partial charge in [-0.1, -0.05) is 52.8 Å². The van der Waals surface area contributed by atoms with Crippen LogP contribution in [0.3, 0.4) is 0 Å². The molecule has 6 nitrogen and oxygen atoms in total. The van der Waals surface area contributed by atoms with Crippen LogP contribution >= 0.6 is 11.3 Å². The zero-order valence-corrected chi connectivity index (χ0v) is 21.9. The first-order valence-corrected chi connectivity index (χ1v) is 12.8. The molecule has 1 aliphatic rings. The van der Waals surface area contributed by atoms with Crippen LogP contribution in [0.2, 0.25) is 0 Å². The van der Waals surface area contributed by atoms with E-state index >= 15 is 0 Å². The summed E-state index contributed by atoms with van der Waals surface area (Å²) in [6, 6.07) is 9.81. The van der Waals surface area contributed by atoms with Crippen LogP contribution in [-0.4, -0.2) is 36.4 Å². The number of hydrogen-bond acceptors (Lipinski definition) is 6. The zero-order valence-electron chi connectivity index (χ0n) is 21.1. The van der Waals surface area contributed by atoms with Gasteiger partial charge in [0.1, 0.15) is 23.3 Å². The quantitative estimate of drug-likeness (QED) is 0.200. The van der Waals surface area contributed by atoms with Crippen molar-refractivity contribution in [2.24, 2.45) is 11.3 Å². The highest BCUT2D eigenvalue weighted by molar-refractivity contribution is 7.14. The second kappa shape index (κ2) is 10.2. The molecule has 1 saturated heterocycles. The Bertz CT molecular complexity index is 1020. The fourth-order valence-electron chi connectivity index (χ4n) is 4.94. The average molecular weight is 487 g/mol. The number of aryl methyl sites for hydroxylation is 1. The molecular formula is C27H38N2O4S. The monoisotopic (exact) mass is 486 g/mol. The van der Waals surface area contributed by atoms with E-state index in [0.29, 0.717) is 24.6 Å². The van der Waals surface area contributed by atoms with Gasteiger partial charge in [-0.3, -0.25) is 0 Å². The Balaban J connectivity index is 1.91. The summed E-state index contributed by atoms with van der Waals surface area (Å²) in [6.07, 6.45) is 4.50. The predicted molar refractivity (Wildman–Crippen MR) is 138 cm³/mol. The summed E-state index contributed by atoms with van der Waals surface area (Å²) in [5.74, 6) is 5.35. The van der Waals surface area contributed by atoms with Gasteiger partial charge in [-0.25, -0.2) is 4.79 Å². The van der Waals surface area contributed by atoms with Gasteiger partial charge in [-0.15, -0.1) is 17.9 Å². The molecule has 0 spiro atoms. The number of carbonyl (C=O) groups excluding carboxylic acids is 1. The van der Waals surface area contributed by atoms with Crippen molar-refractivity contribution in [3.63, 3.8) is 0 Å². The Morgan fingerprint density at radius 1 is 1.26 bits per heavy atom. The Morgan fingerprint density at radius 2 is 1.97 bits per heavy atom. The maximum absolute atomic E-state index is 13.2. The third-order valence-electron chi connectivity index (χ3n) is 7.25. The summed E-state index contributed by atoms with van der Waals surface area (Å²) in [7, 11) is 0. The SMILES string of the molecule is C=CC(CC)(c1ccc(OCC(C(C)(C)C)[N+]2([O-])CCC2)c(CC)c1)c1ccc(C(=O)ON)s1. The van der Waals surface area contributed by atoms with Crippen LogP contribution in [0, 0.1) is 10.6 Å². The molecular weight excluding hydrogens is 448 g/mol. The van der Waals surface area contributed by atoms with Gasteiger partial charge in [0, 0.05) is 22.1 Å². The van der Waals surface area contributed by atoms with E-state index in [1.165, 1.54) is 11.3 Å². The zero-order chi connectivity index (χ0) is 25.1. The van der Waals surface area contributed by atoms with E-state index in [0.717, 1.165) is 41.0 Å². The molecule has 0 amide bonds. The summed E-state index contributed by atoms with van der Waals surface area (Å²) in [5, 5.41) is 13.2. The number of quaternary nitrogens is 1. The first kappa shape index (κ1) is 26.4. The molecule has 0 radical (unpaired) electrons. The van der Waals surface area contributed by atoms with Crippen molar-refractivity contribution in [2.45, 2.75) is 65.3 Å². The first-order valence-electron chi connectivity index (χ1n) is 12.0. The van der Waals surface area contributed by atoms with E-state index in [1.54, 1.807) is 6.07 Å². The minimum absolute atomic E-state index is 0.111. The Hall–Kier alpha value is -2.19. The normalized spacial score (nSPS) is 17.9. The fourth-order valence-corrected chi connectivity index (χ4v) is 6.11. The Morgan fingerprint density at radius 3 is 2.47 bits per heavy atom. The summed E-state index contributed by atoms with van der Waals surface area (Å²) in [6.45, 7) is 16.5. The van der Waals surface area contributed by atoms with Crippen molar-refractivity contribution >= 4 is 17.3 Å². The minimum Gasteiger partial charge on any atom is -0.632 e. The lowest BCUT2D eigenvalue weighted by Crippen LogP contribution is -2.65. The average Bonchev–Trinajstić information content (AvgIpc) is 3.29. The molecule has 0 aliphatic carbocycles. The molecule has 2 heterocycles. The van der Waals surface area contributed by atoms with Gasteiger partial charge in [-0.05, 0) is 42.2 Å². The highest BCUT2D eigenvalue weighted by Gasteiger charge is 2.43. The van der Waals surface area contributed by atoms with Crippen molar-refractivity contribution in [2.75, 3.05) is 19.7 Å². The lowest BCUT2D eigenvalue weighted by molar-refractivity contribution is -0.948. The van der Waals surface area contributed by atoms with Crippen molar-refractivity contribution in [3.8, 4) is 5.75 Å². The maximum Gasteiger partial charge on any atom is 0.366 e. The number of benzene rings is 1. The van der Waals surface area contributed by atoms with E-state index in [4.69, 9.17) is 10.6 Å². The second-order valence-corrected chi connectivity index (χ2v) is 11.3. The van der Waals surface area contributed by atoms with Crippen LogP contribution < -0.4 is 10.6 Å². The van der Waals surface area contributed by atoms with Crippen molar-refractivity contribution < 1.29 is 19.0 Å². The number of rotatable bonds is 10. The lowest BCUT2D eigenvalue weighted by Gasteiger charge is -2.58. The minimum atomic E-state index is -0.544. The fraction of sp³-hybridized carbons (Fsp3) is 0.519. The van der Waals surface area contributed by atoms with Crippen molar-refractivity contribution in [1.29, 1.82) is 0 Å². The molecule has 1 aliphatic heterocycles. The molecule has 2 aromatic rings.